The monoisotopic (exact) mass is 398 g/mol. The number of carbonyl (C=O) groups is 2. The van der Waals surface area contributed by atoms with Crippen LogP contribution in [0.4, 0.5) is 4.79 Å². The molecular weight excluding hydrogens is 372 g/mol. The molecule has 4 rings (SSSR count). The highest BCUT2D eigenvalue weighted by molar-refractivity contribution is 6.24. The highest BCUT2D eigenvalue weighted by atomic mass is 16.5. The van der Waals surface area contributed by atoms with Crippen molar-refractivity contribution in [3.05, 3.63) is 34.5 Å². The zero-order chi connectivity index (χ0) is 20.7. The number of carbonyl (C=O) groups excluding carboxylic acids is 2. The van der Waals surface area contributed by atoms with E-state index in [0.29, 0.717) is 29.2 Å². The summed E-state index contributed by atoms with van der Waals surface area (Å²) in [6.07, 6.45) is 3.00. The Morgan fingerprint density at radius 3 is 2.62 bits per heavy atom. The lowest BCUT2D eigenvalue weighted by Crippen LogP contribution is -2.48. The van der Waals surface area contributed by atoms with Crippen molar-refractivity contribution in [3.8, 4) is 11.5 Å². The van der Waals surface area contributed by atoms with Crippen molar-refractivity contribution < 1.29 is 19.1 Å². The molecule has 1 aromatic carbocycles. The molecule has 0 radical (unpaired) electrons. The summed E-state index contributed by atoms with van der Waals surface area (Å²) in [5.41, 5.74) is 12.2. The van der Waals surface area contributed by atoms with E-state index in [2.05, 4.69) is 15.4 Å². The van der Waals surface area contributed by atoms with E-state index in [0.717, 1.165) is 37.1 Å². The highest BCUT2D eigenvalue weighted by Crippen LogP contribution is 2.48. The van der Waals surface area contributed by atoms with Gasteiger partial charge in [-0.15, -0.1) is 0 Å². The number of hydrogen-bond acceptors (Lipinski definition) is 6. The van der Waals surface area contributed by atoms with Gasteiger partial charge in [0.05, 0.1) is 31.5 Å². The van der Waals surface area contributed by atoms with Crippen molar-refractivity contribution in [2.45, 2.75) is 38.6 Å². The highest BCUT2D eigenvalue weighted by Gasteiger charge is 2.44. The minimum Gasteiger partial charge on any atom is -0.493 e. The molecule has 1 aromatic rings. The van der Waals surface area contributed by atoms with Crippen molar-refractivity contribution in [3.63, 3.8) is 0 Å². The maximum atomic E-state index is 12.8. The van der Waals surface area contributed by atoms with Crippen molar-refractivity contribution in [2.75, 3.05) is 20.8 Å². The number of hydrogen-bond donors (Lipinski definition) is 2. The van der Waals surface area contributed by atoms with Crippen LogP contribution in [0.1, 0.15) is 43.4 Å². The first-order valence-electron chi connectivity index (χ1n) is 9.87. The molecule has 29 heavy (non-hydrogen) atoms. The Labute approximate surface area is 169 Å². The standard InChI is InChI=1S/C21H26N4O4/c1-11-19(23-24-21(22)27)18-14(5-4-6-15(18)26)25-8-7-12-9-16(28-2)17(29-3)10-13(12)20(11)25/h9-11,20H,4-8H2,1-3H3,(H3,22,24,27)/t11-,20-/m0/s1. The zero-order valence-corrected chi connectivity index (χ0v) is 16.9. The van der Waals surface area contributed by atoms with Gasteiger partial charge in [-0.2, -0.15) is 5.10 Å². The number of urea groups is 1. The fraction of sp³-hybridized carbons (Fsp3) is 0.476. The predicted octanol–water partition coefficient (Wildman–Crippen LogP) is 2.28. The lowest BCUT2D eigenvalue weighted by Gasteiger charge is -2.48. The molecule has 0 spiro atoms. The van der Waals surface area contributed by atoms with E-state index in [1.165, 1.54) is 5.56 Å². The summed E-state index contributed by atoms with van der Waals surface area (Å²) >= 11 is 0. The van der Waals surface area contributed by atoms with Gasteiger partial charge in [0.1, 0.15) is 0 Å². The molecule has 3 aliphatic rings. The number of Topliss-reactive ketones (excluding diaryl/α,β-unsaturated/α-hetero) is 1. The molecule has 0 fully saturated rings. The quantitative estimate of drug-likeness (QED) is 0.760. The molecule has 0 bridgehead atoms. The number of rotatable bonds is 3. The number of hydrazone groups is 1. The predicted molar refractivity (Wildman–Crippen MR) is 108 cm³/mol. The summed E-state index contributed by atoms with van der Waals surface area (Å²) in [5.74, 6) is 1.35. The van der Waals surface area contributed by atoms with Crippen LogP contribution in [-0.2, 0) is 11.2 Å². The third kappa shape index (κ3) is 3.12. The van der Waals surface area contributed by atoms with Crippen LogP contribution in [0, 0.1) is 5.92 Å². The minimum atomic E-state index is -0.743. The fourth-order valence-electron chi connectivity index (χ4n) is 4.87. The van der Waals surface area contributed by atoms with Gasteiger partial charge in [-0.25, -0.2) is 10.2 Å². The molecule has 0 unspecified atom stereocenters. The molecule has 8 heteroatoms. The van der Waals surface area contributed by atoms with E-state index in [1.807, 2.05) is 19.1 Å². The fourth-order valence-corrected chi connectivity index (χ4v) is 4.87. The minimum absolute atomic E-state index is 0.00312. The van der Waals surface area contributed by atoms with Crippen LogP contribution in [0.2, 0.25) is 0 Å². The van der Waals surface area contributed by atoms with Crippen LogP contribution in [-0.4, -0.2) is 43.2 Å². The number of nitrogens with two attached hydrogens (primary N) is 1. The first kappa shape index (κ1) is 19.3. The molecule has 0 saturated heterocycles. The number of primary amides is 1. The summed E-state index contributed by atoms with van der Waals surface area (Å²) in [5, 5.41) is 4.27. The largest absolute Gasteiger partial charge is 0.493 e. The second kappa shape index (κ2) is 7.42. The third-order valence-electron chi connectivity index (χ3n) is 6.10. The Balaban J connectivity index is 1.88. The summed E-state index contributed by atoms with van der Waals surface area (Å²) in [6, 6.07) is 3.31. The van der Waals surface area contributed by atoms with Gasteiger partial charge in [0.15, 0.2) is 17.3 Å². The van der Waals surface area contributed by atoms with Crippen molar-refractivity contribution in [2.24, 2.45) is 16.8 Å². The number of benzene rings is 1. The van der Waals surface area contributed by atoms with Gasteiger partial charge in [0.25, 0.3) is 0 Å². The lowest BCUT2D eigenvalue weighted by molar-refractivity contribution is -0.116. The van der Waals surface area contributed by atoms with Gasteiger partial charge in [-0.3, -0.25) is 4.79 Å². The SMILES string of the molecule is COc1cc2c(cc1OC)[C@@H]1[C@@H](C)C(=NNC(N)=O)C3=C(CCCC3=O)N1CC2. The summed E-state index contributed by atoms with van der Waals surface area (Å²) in [6.45, 7) is 2.86. The molecule has 0 aromatic heterocycles. The Hall–Kier alpha value is -3.03. The number of nitrogens with zero attached hydrogens (tertiary/aromatic N) is 2. The number of ketones is 1. The first-order chi connectivity index (χ1) is 14.0. The van der Waals surface area contributed by atoms with E-state index in [9.17, 15) is 9.59 Å². The first-order valence-corrected chi connectivity index (χ1v) is 9.87. The maximum Gasteiger partial charge on any atom is 0.332 e. The van der Waals surface area contributed by atoms with Crippen molar-refractivity contribution in [1.82, 2.24) is 10.3 Å². The zero-order valence-electron chi connectivity index (χ0n) is 16.9. The summed E-state index contributed by atoms with van der Waals surface area (Å²) in [4.78, 5) is 26.4. The molecular formula is C21H26N4O4. The molecule has 2 amide bonds. The average Bonchev–Trinajstić information content (AvgIpc) is 2.72. The third-order valence-corrected chi connectivity index (χ3v) is 6.10. The van der Waals surface area contributed by atoms with Gasteiger partial charge in [0, 0.05) is 24.6 Å². The molecule has 8 nitrogen and oxygen atoms in total. The number of methoxy groups -OCH3 is 2. The van der Waals surface area contributed by atoms with Gasteiger partial charge < -0.3 is 20.1 Å². The smallest absolute Gasteiger partial charge is 0.332 e. The number of nitrogens with one attached hydrogen (secondary N) is 1. The molecule has 2 heterocycles. The topological polar surface area (TPSA) is 106 Å². The Bertz CT molecular complexity index is 937. The average molecular weight is 398 g/mol. The molecule has 0 saturated carbocycles. The van der Waals surface area contributed by atoms with Crippen LogP contribution in [0.15, 0.2) is 28.5 Å². The van der Waals surface area contributed by atoms with Gasteiger partial charge >= 0.3 is 6.03 Å². The Morgan fingerprint density at radius 2 is 1.93 bits per heavy atom. The van der Waals surface area contributed by atoms with Gasteiger partial charge in [-0.05, 0) is 42.5 Å². The summed E-state index contributed by atoms with van der Waals surface area (Å²) < 4.78 is 11.0. The van der Waals surface area contributed by atoms with E-state index < -0.39 is 6.03 Å². The van der Waals surface area contributed by atoms with E-state index in [1.54, 1.807) is 14.2 Å². The number of fused-ring (bicyclic) bond motifs is 4. The van der Waals surface area contributed by atoms with Crippen LogP contribution in [0.5, 0.6) is 11.5 Å². The van der Waals surface area contributed by atoms with Gasteiger partial charge in [0.2, 0.25) is 0 Å². The van der Waals surface area contributed by atoms with Crippen LogP contribution in [0.3, 0.4) is 0 Å². The van der Waals surface area contributed by atoms with Crippen LogP contribution < -0.4 is 20.6 Å². The van der Waals surface area contributed by atoms with Crippen molar-refractivity contribution in [1.29, 1.82) is 0 Å². The molecule has 2 atom stereocenters. The van der Waals surface area contributed by atoms with Crippen molar-refractivity contribution >= 4 is 17.5 Å². The molecule has 154 valence electrons. The maximum absolute atomic E-state index is 12.8. The Morgan fingerprint density at radius 1 is 1.21 bits per heavy atom. The number of allylic oxidation sites excluding steroid dienone is 2. The molecule has 2 aliphatic heterocycles. The van der Waals surface area contributed by atoms with Gasteiger partial charge in [-0.1, -0.05) is 6.92 Å². The summed E-state index contributed by atoms with van der Waals surface area (Å²) in [7, 11) is 3.26. The molecule has 3 N–H and O–H groups in total. The van der Waals surface area contributed by atoms with E-state index in [4.69, 9.17) is 15.2 Å². The Kier molecular flexibility index (Phi) is 4.94. The second-order valence-electron chi connectivity index (χ2n) is 7.65. The van der Waals surface area contributed by atoms with E-state index in [-0.39, 0.29) is 17.7 Å². The van der Waals surface area contributed by atoms with E-state index >= 15 is 0 Å². The van der Waals surface area contributed by atoms with Crippen LogP contribution in [0.25, 0.3) is 0 Å². The molecule has 1 aliphatic carbocycles. The van der Waals surface area contributed by atoms with Crippen LogP contribution >= 0.6 is 0 Å². The second-order valence-corrected chi connectivity index (χ2v) is 7.65. The lowest BCUT2D eigenvalue weighted by atomic mass is 9.74. The number of amides is 2. The normalized spacial score (nSPS) is 24.6. The number of ether oxygens (including phenoxy) is 2.